The Bertz CT molecular complexity index is 503. The Morgan fingerprint density at radius 1 is 1.28 bits per heavy atom. The third kappa shape index (κ3) is 1.32. The second kappa shape index (κ2) is 3.71. The Kier molecular flexibility index (Phi) is 2.14. The first-order valence-electron chi connectivity index (χ1n) is 6.39. The number of fused-ring (bicyclic) bond motifs is 1. The van der Waals surface area contributed by atoms with Gasteiger partial charge in [0.2, 0.25) is 0 Å². The summed E-state index contributed by atoms with van der Waals surface area (Å²) in [6.07, 6.45) is 7.11. The molecule has 0 N–H and O–H groups in total. The summed E-state index contributed by atoms with van der Waals surface area (Å²) in [7, 11) is 0. The van der Waals surface area contributed by atoms with Gasteiger partial charge in [0.25, 0.3) is 0 Å². The monoisotopic (exact) mass is 241 g/mol. The number of hydrogen-bond acceptors (Lipinski definition) is 4. The summed E-state index contributed by atoms with van der Waals surface area (Å²) in [6.45, 7) is 4.07. The van der Waals surface area contributed by atoms with Crippen LogP contribution in [-0.4, -0.2) is 54.3 Å². The zero-order chi connectivity index (χ0) is 12.1. The molecular weight excluding hydrogens is 226 g/mol. The second-order valence-electron chi connectivity index (χ2n) is 5.22. The molecule has 0 amide bonds. The Labute approximate surface area is 107 Å². The molecule has 92 valence electrons. The van der Waals surface area contributed by atoms with Gasteiger partial charge >= 0.3 is 0 Å². The maximum absolute atomic E-state index is 5.33. The van der Waals surface area contributed by atoms with Crippen molar-refractivity contribution in [2.75, 3.05) is 31.2 Å². The van der Waals surface area contributed by atoms with Crippen LogP contribution in [0.2, 0.25) is 0 Å². The van der Waals surface area contributed by atoms with Crippen LogP contribution < -0.4 is 4.90 Å². The number of terminal acetylenes is 1. The van der Waals surface area contributed by atoms with Crippen LogP contribution in [-0.2, 0) is 4.74 Å². The van der Waals surface area contributed by atoms with Gasteiger partial charge in [0.05, 0.1) is 25.3 Å². The number of anilines is 1. The summed E-state index contributed by atoms with van der Waals surface area (Å²) < 4.78 is 5.25. The van der Waals surface area contributed by atoms with Gasteiger partial charge in [0, 0.05) is 30.9 Å². The minimum absolute atomic E-state index is 0.648. The minimum atomic E-state index is 0.648. The van der Waals surface area contributed by atoms with Crippen molar-refractivity contribution in [1.82, 2.24) is 9.88 Å². The molecule has 1 aromatic rings. The van der Waals surface area contributed by atoms with E-state index in [1.807, 2.05) is 12.1 Å². The molecule has 0 aromatic carbocycles. The lowest BCUT2D eigenvalue weighted by Gasteiger charge is -2.65. The summed E-state index contributed by atoms with van der Waals surface area (Å²) in [4.78, 5) is 9.38. The van der Waals surface area contributed by atoms with Gasteiger partial charge in [-0.3, -0.25) is 4.90 Å². The summed E-state index contributed by atoms with van der Waals surface area (Å²) in [5.41, 5.74) is 0.845. The van der Waals surface area contributed by atoms with E-state index in [9.17, 15) is 0 Å². The van der Waals surface area contributed by atoms with Crippen molar-refractivity contribution in [1.29, 1.82) is 0 Å². The molecule has 1 aromatic heterocycles. The highest BCUT2D eigenvalue weighted by atomic mass is 16.5. The van der Waals surface area contributed by atoms with Gasteiger partial charge in [-0.25, -0.2) is 4.98 Å². The van der Waals surface area contributed by atoms with Gasteiger partial charge < -0.3 is 9.64 Å². The van der Waals surface area contributed by atoms with E-state index in [0.29, 0.717) is 18.1 Å². The van der Waals surface area contributed by atoms with Crippen LogP contribution >= 0.6 is 0 Å². The predicted molar refractivity (Wildman–Crippen MR) is 68.4 cm³/mol. The molecule has 4 heterocycles. The third-order valence-electron chi connectivity index (χ3n) is 4.35. The summed E-state index contributed by atoms with van der Waals surface area (Å²) in [6, 6.07) is 6.03. The SMILES string of the molecule is C#Cc1ccc(N2C[C@H]3C2CN3C2COC2)nc1. The molecule has 0 aliphatic carbocycles. The molecule has 3 aliphatic rings. The Morgan fingerprint density at radius 2 is 2.17 bits per heavy atom. The highest BCUT2D eigenvalue weighted by molar-refractivity contribution is 5.49. The number of pyridine rings is 1. The van der Waals surface area contributed by atoms with Crippen molar-refractivity contribution in [2.24, 2.45) is 0 Å². The van der Waals surface area contributed by atoms with E-state index in [2.05, 4.69) is 20.7 Å². The van der Waals surface area contributed by atoms with E-state index in [-0.39, 0.29) is 0 Å². The molecule has 4 rings (SSSR count). The van der Waals surface area contributed by atoms with Crippen LogP contribution in [0.5, 0.6) is 0 Å². The molecule has 3 saturated heterocycles. The van der Waals surface area contributed by atoms with Crippen LogP contribution in [0.3, 0.4) is 0 Å². The van der Waals surface area contributed by atoms with Gasteiger partial charge in [0.15, 0.2) is 0 Å². The molecule has 4 heteroatoms. The number of rotatable bonds is 2. The largest absolute Gasteiger partial charge is 0.378 e. The first-order valence-corrected chi connectivity index (χ1v) is 6.39. The van der Waals surface area contributed by atoms with Crippen molar-refractivity contribution in [3.8, 4) is 12.3 Å². The van der Waals surface area contributed by atoms with E-state index in [4.69, 9.17) is 11.2 Å². The Hall–Kier alpha value is -1.57. The van der Waals surface area contributed by atoms with Crippen molar-refractivity contribution < 1.29 is 4.74 Å². The van der Waals surface area contributed by atoms with Crippen LogP contribution in [0, 0.1) is 12.3 Å². The molecule has 0 spiro atoms. The van der Waals surface area contributed by atoms with Crippen molar-refractivity contribution >= 4 is 5.82 Å². The molecule has 3 fully saturated rings. The fourth-order valence-corrected chi connectivity index (χ4v) is 3.03. The summed E-state index contributed by atoms with van der Waals surface area (Å²) in [5.74, 6) is 3.65. The fourth-order valence-electron chi connectivity index (χ4n) is 3.03. The standard InChI is InChI=1S/C14H15N3O/c1-2-10-3-4-14(15-5-10)17-7-12-13(17)6-16(12)11-8-18-9-11/h1,3-5,11-13H,6-9H2/t12-,13?/m0/s1. The fraction of sp³-hybridized carbons (Fsp3) is 0.500. The smallest absolute Gasteiger partial charge is 0.128 e. The van der Waals surface area contributed by atoms with Crippen LogP contribution in [0.4, 0.5) is 5.82 Å². The van der Waals surface area contributed by atoms with E-state index >= 15 is 0 Å². The average Bonchev–Trinajstić information content (AvgIpc) is 2.33. The van der Waals surface area contributed by atoms with Crippen molar-refractivity contribution in [2.45, 2.75) is 18.1 Å². The van der Waals surface area contributed by atoms with Crippen LogP contribution in [0.1, 0.15) is 5.56 Å². The second-order valence-corrected chi connectivity index (χ2v) is 5.22. The van der Waals surface area contributed by atoms with Crippen LogP contribution in [0.25, 0.3) is 0 Å². The quantitative estimate of drug-likeness (QED) is 0.698. The highest BCUT2D eigenvalue weighted by Gasteiger charge is 2.54. The van der Waals surface area contributed by atoms with Crippen molar-refractivity contribution in [3.05, 3.63) is 23.9 Å². The molecule has 3 aliphatic heterocycles. The number of likely N-dealkylation sites (tertiary alicyclic amines) is 1. The Balaban J connectivity index is 1.42. The Morgan fingerprint density at radius 3 is 2.67 bits per heavy atom. The number of piperazine rings is 1. The highest BCUT2D eigenvalue weighted by Crippen LogP contribution is 2.38. The first kappa shape index (κ1) is 10.4. The molecule has 0 radical (unpaired) electrons. The third-order valence-corrected chi connectivity index (χ3v) is 4.35. The normalized spacial score (nSPS) is 30.7. The lowest BCUT2D eigenvalue weighted by Crippen LogP contribution is -2.82. The minimum Gasteiger partial charge on any atom is -0.378 e. The van der Waals surface area contributed by atoms with E-state index < -0.39 is 0 Å². The van der Waals surface area contributed by atoms with Gasteiger partial charge in [0.1, 0.15) is 5.82 Å². The maximum atomic E-state index is 5.33. The molecule has 0 bridgehead atoms. The van der Waals surface area contributed by atoms with Gasteiger partial charge in [-0.1, -0.05) is 5.92 Å². The molecule has 18 heavy (non-hydrogen) atoms. The lowest BCUT2D eigenvalue weighted by atomic mass is 9.83. The average molecular weight is 241 g/mol. The molecule has 0 saturated carbocycles. The maximum Gasteiger partial charge on any atom is 0.128 e. The van der Waals surface area contributed by atoms with Crippen LogP contribution in [0.15, 0.2) is 18.3 Å². The number of hydrogen-bond donors (Lipinski definition) is 0. The van der Waals surface area contributed by atoms with Gasteiger partial charge in [-0.05, 0) is 12.1 Å². The summed E-state index contributed by atoms with van der Waals surface area (Å²) >= 11 is 0. The number of nitrogens with zero attached hydrogens (tertiary/aromatic N) is 3. The van der Waals surface area contributed by atoms with Gasteiger partial charge in [-0.2, -0.15) is 0 Å². The first-order chi connectivity index (χ1) is 8.86. The molecular formula is C14H15N3O. The molecule has 4 nitrogen and oxygen atoms in total. The zero-order valence-corrected chi connectivity index (χ0v) is 10.1. The topological polar surface area (TPSA) is 28.6 Å². The van der Waals surface area contributed by atoms with Crippen molar-refractivity contribution in [3.63, 3.8) is 0 Å². The van der Waals surface area contributed by atoms with Gasteiger partial charge in [-0.15, -0.1) is 6.42 Å². The van der Waals surface area contributed by atoms with E-state index in [0.717, 1.165) is 37.7 Å². The number of aromatic nitrogens is 1. The van der Waals surface area contributed by atoms with E-state index in [1.165, 1.54) is 0 Å². The lowest BCUT2D eigenvalue weighted by molar-refractivity contribution is -0.132. The zero-order valence-electron chi connectivity index (χ0n) is 10.1. The molecule has 2 atom stereocenters. The predicted octanol–water partition coefficient (Wildman–Crippen LogP) is 0.334. The van der Waals surface area contributed by atoms with E-state index in [1.54, 1.807) is 6.20 Å². The summed E-state index contributed by atoms with van der Waals surface area (Å²) in [5, 5.41) is 0. The number of ether oxygens (including phenoxy) is 1. The molecule has 1 unspecified atom stereocenters.